The first-order valence-electron chi connectivity index (χ1n) is 8.21. The molecule has 21 heavy (non-hydrogen) atoms. The van der Waals surface area contributed by atoms with Crippen molar-refractivity contribution in [2.24, 2.45) is 10.9 Å². The van der Waals surface area contributed by atoms with Crippen LogP contribution in [0.1, 0.15) is 52.9 Å². The van der Waals surface area contributed by atoms with Crippen molar-refractivity contribution in [3.63, 3.8) is 0 Å². The van der Waals surface area contributed by atoms with Gasteiger partial charge in [-0.15, -0.1) is 0 Å². The molecule has 122 valence electrons. The Bertz CT molecular complexity index is 334. The molecule has 0 aliphatic carbocycles. The van der Waals surface area contributed by atoms with Crippen LogP contribution in [0.3, 0.4) is 0 Å². The van der Waals surface area contributed by atoms with E-state index in [0.717, 1.165) is 31.6 Å². The van der Waals surface area contributed by atoms with E-state index in [0.29, 0.717) is 5.92 Å². The Kier molecular flexibility index (Phi) is 13.3. The van der Waals surface area contributed by atoms with Gasteiger partial charge in [0.25, 0.3) is 0 Å². The van der Waals surface area contributed by atoms with Gasteiger partial charge in [-0.05, 0) is 0 Å². The molecule has 0 heterocycles. The van der Waals surface area contributed by atoms with Gasteiger partial charge in [0.05, 0.1) is 0 Å². The Morgan fingerprint density at radius 2 is 1.95 bits per heavy atom. The van der Waals surface area contributed by atoms with Crippen LogP contribution in [0, 0.1) is 5.92 Å². The second-order valence-corrected chi connectivity index (χ2v) is 13.0. The summed E-state index contributed by atoms with van der Waals surface area (Å²) < 4.78 is 7.10. The summed E-state index contributed by atoms with van der Waals surface area (Å²) in [4.78, 5) is 9.62. The molecular weight excluding hydrogens is 368 g/mol. The van der Waals surface area contributed by atoms with Crippen LogP contribution in [-0.4, -0.2) is 32.5 Å². The molecule has 0 spiro atoms. The Hall–Kier alpha value is -0.232. The van der Waals surface area contributed by atoms with E-state index in [1.54, 1.807) is 6.08 Å². The molecule has 0 aromatic rings. The van der Waals surface area contributed by atoms with Crippen molar-refractivity contribution >= 4 is 25.9 Å². The summed E-state index contributed by atoms with van der Waals surface area (Å²) in [7, 11) is 0. The van der Waals surface area contributed by atoms with Crippen LogP contribution in [0.4, 0.5) is 0 Å². The molecule has 0 amide bonds. The van der Waals surface area contributed by atoms with Crippen molar-refractivity contribution in [2.45, 2.75) is 67.0 Å². The van der Waals surface area contributed by atoms with Gasteiger partial charge in [-0.2, -0.15) is 0 Å². The molecule has 0 aromatic heterocycles. The van der Waals surface area contributed by atoms with Gasteiger partial charge in [-0.25, -0.2) is 0 Å². The maximum atomic E-state index is 5.73. The molecule has 0 N–H and O–H groups in total. The first-order chi connectivity index (χ1) is 10.0. The molecule has 3 heteroatoms. The predicted molar refractivity (Wildman–Crippen MR) is 97.6 cm³/mol. The fourth-order valence-corrected chi connectivity index (χ4v) is 5.91. The summed E-state index contributed by atoms with van der Waals surface area (Å²) in [6, 6.07) is 0. The van der Waals surface area contributed by atoms with Crippen LogP contribution in [0.15, 0.2) is 29.6 Å². The second kappa shape index (κ2) is 13.4. The molecule has 0 aliphatic heterocycles. The van der Waals surface area contributed by atoms with Gasteiger partial charge in [0.2, 0.25) is 0 Å². The maximum absolute atomic E-state index is 5.73. The SMILES string of the molecule is C=C/C(=C\N=C(CCC)C(C)[CH2][Sb]([CH3])[CH3])OCCCCC. The number of unbranched alkanes of at least 4 members (excludes halogenated alkanes) is 2. The standard InChI is InChI=1S/C16H28NO.2CH3.Sb/c1-6-9-10-12-18-15(8-3)13-17-16(11-7-2)14(4)5;;;/h8,13-14H,3-4,6-7,9-12H2,1-2,5H3;2*1H3;/b15-13+,17-16?;;;. The molecule has 0 bridgehead atoms. The first-order valence-corrected chi connectivity index (χ1v) is 15.1. The average molecular weight is 402 g/mol. The summed E-state index contributed by atoms with van der Waals surface area (Å²) in [6.45, 7) is 11.3. The minimum atomic E-state index is -0.946. The van der Waals surface area contributed by atoms with Gasteiger partial charge in [0.15, 0.2) is 0 Å². The van der Waals surface area contributed by atoms with Crippen LogP contribution in [-0.2, 0) is 4.74 Å². The molecule has 0 saturated carbocycles. The number of aliphatic imine (C=N–C) groups is 1. The number of hydrogen-bond acceptors (Lipinski definition) is 2. The van der Waals surface area contributed by atoms with Gasteiger partial charge in [-0.3, -0.25) is 0 Å². The van der Waals surface area contributed by atoms with E-state index in [4.69, 9.17) is 9.73 Å². The van der Waals surface area contributed by atoms with E-state index in [2.05, 4.69) is 37.1 Å². The van der Waals surface area contributed by atoms with E-state index in [1.165, 1.54) is 22.9 Å². The molecule has 0 fully saturated rings. The summed E-state index contributed by atoms with van der Waals surface area (Å²) in [5, 5.41) is 0. The Balaban J connectivity index is 4.66. The molecular formula is C18H34NOSb. The van der Waals surface area contributed by atoms with Crippen molar-refractivity contribution in [3.8, 4) is 0 Å². The van der Waals surface area contributed by atoms with Gasteiger partial charge in [-0.1, -0.05) is 0 Å². The summed E-state index contributed by atoms with van der Waals surface area (Å²) in [5.74, 6) is 1.42. The van der Waals surface area contributed by atoms with E-state index in [-0.39, 0.29) is 0 Å². The zero-order chi connectivity index (χ0) is 16.1. The summed E-state index contributed by atoms with van der Waals surface area (Å²) >= 11 is -0.946. The van der Waals surface area contributed by atoms with Crippen molar-refractivity contribution in [1.82, 2.24) is 0 Å². The fraction of sp³-hybridized carbons (Fsp3) is 0.722. The van der Waals surface area contributed by atoms with Crippen LogP contribution in [0.25, 0.3) is 0 Å². The average Bonchev–Trinajstić information content (AvgIpc) is 2.44. The minimum absolute atomic E-state index is 0.616. The van der Waals surface area contributed by atoms with Crippen molar-refractivity contribution in [3.05, 3.63) is 24.6 Å². The first kappa shape index (κ1) is 20.8. The summed E-state index contributed by atoms with van der Waals surface area (Å²) in [5.41, 5.74) is 1.33. The van der Waals surface area contributed by atoms with Crippen LogP contribution >= 0.6 is 0 Å². The van der Waals surface area contributed by atoms with Crippen molar-refractivity contribution in [2.75, 3.05) is 6.61 Å². The monoisotopic (exact) mass is 401 g/mol. The third-order valence-electron chi connectivity index (χ3n) is 3.29. The van der Waals surface area contributed by atoms with E-state index < -0.39 is 20.2 Å². The molecule has 0 radical (unpaired) electrons. The zero-order valence-electron chi connectivity index (χ0n) is 14.7. The van der Waals surface area contributed by atoms with Gasteiger partial charge >= 0.3 is 140 Å². The van der Waals surface area contributed by atoms with Crippen molar-refractivity contribution in [1.29, 1.82) is 0 Å². The third-order valence-corrected chi connectivity index (χ3v) is 6.94. The van der Waals surface area contributed by atoms with Crippen LogP contribution in [0.5, 0.6) is 0 Å². The van der Waals surface area contributed by atoms with Crippen LogP contribution < -0.4 is 0 Å². The van der Waals surface area contributed by atoms with Crippen LogP contribution in [0.2, 0.25) is 14.1 Å². The van der Waals surface area contributed by atoms with E-state index in [1.807, 2.05) is 6.20 Å². The number of allylic oxidation sites excluding steroid dienone is 1. The van der Waals surface area contributed by atoms with Gasteiger partial charge < -0.3 is 0 Å². The third kappa shape index (κ3) is 11.0. The Labute approximate surface area is 139 Å². The second-order valence-electron chi connectivity index (χ2n) is 5.82. The zero-order valence-corrected chi connectivity index (χ0v) is 17.2. The number of rotatable bonds is 12. The molecule has 0 aromatic carbocycles. The molecule has 1 unspecified atom stereocenters. The normalized spacial score (nSPS) is 14.4. The quantitative estimate of drug-likeness (QED) is 0.132. The van der Waals surface area contributed by atoms with Gasteiger partial charge in [0, 0.05) is 0 Å². The molecule has 0 aliphatic rings. The van der Waals surface area contributed by atoms with E-state index in [9.17, 15) is 0 Å². The molecule has 0 saturated heterocycles. The Morgan fingerprint density at radius 1 is 1.24 bits per heavy atom. The van der Waals surface area contributed by atoms with Gasteiger partial charge in [0.1, 0.15) is 0 Å². The fourth-order valence-electron chi connectivity index (χ4n) is 2.18. The number of hydrogen-bond donors (Lipinski definition) is 0. The topological polar surface area (TPSA) is 21.6 Å². The Morgan fingerprint density at radius 3 is 2.48 bits per heavy atom. The molecule has 1 atom stereocenters. The van der Waals surface area contributed by atoms with Crippen molar-refractivity contribution < 1.29 is 4.74 Å². The molecule has 2 nitrogen and oxygen atoms in total. The molecule has 0 rings (SSSR count). The number of ether oxygens (including phenoxy) is 1. The van der Waals surface area contributed by atoms with E-state index >= 15 is 0 Å². The number of nitrogens with zero attached hydrogens (tertiary/aromatic N) is 1. The predicted octanol–water partition coefficient (Wildman–Crippen LogP) is 5.85. The summed E-state index contributed by atoms with van der Waals surface area (Å²) in [6.07, 6.45) is 9.41.